The predicted octanol–water partition coefficient (Wildman–Crippen LogP) is 4.27. The van der Waals surface area contributed by atoms with E-state index < -0.39 is 0 Å². The van der Waals surface area contributed by atoms with Crippen LogP contribution in [-0.2, 0) is 11.2 Å². The minimum absolute atomic E-state index is 0.0206. The van der Waals surface area contributed by atoms with Crippen LogP contribution in [0.15, 0.2) is 42.5 Å². The molecule has 1 aliphatic heterocycles. The minimum Gasteiger partial charge on any atom is -0.325 e. The molecule has 0 bridgehead atoms. The molecule has 1 N–H and O–H groups in total. The number of carbonyl (C=O) groups is 1. The van der Waals surface area contributed by atoms with Gasteiger partial charge in [-0.05, 0) is 35.7 Å². The van der Waals surface area contributed by atoms with E-state index in [0.717, 1.165) is 16.8 Å². The molecular formula is C15H11Cl2NO. The molecule has 1 atom stereocenters. The number of halogens is 2. The molecule has 0 spiro atoms. The normalized spacial score (nSPS) is 17.2. The zero-order valence-corrected chi connectivity index (χ0v) is 11.5. The summed E-state index contributed by atoms with van der Waals surface area (Å²) in [5.41, 5.74) is 2.85. The van der Waals surface area contributed by atoms with Crippen LogP contribution in [0.25, 0.3) is 0 Å². The average Bonchev–Trinajstić information content (AvgIpc) is 2.69. The van der Waals surface area contributed by atoms with Crippen molar-refractivity contribution < 1.29 is 4.79 Å². The van der Waals surface area contributed by atoms with E-state index in [1.807, 2.05) is 30.3 Å². The van der Waals surface area contributed by atoms with Crippen molar-refractivity contribution >= 4 is 34.8 Å². The van der Waals surface area contributed by atoms with E-state index in [2.05, 4.69) is 5.32 Å². The lowest BCUT2D eigenvalue weighted by atomic mass is 9.93. The smallest absolute Gasteiger partial charge is 0.232 e. The summed E-state index contributed by atoms with van der Waals surface area (Å²) in [6.07, 6.45) is 0.582. The van der Waals surface area contributed by atoms with Crippen LogP contribution in [0.4, 0.5) is 5.69 Å². The molecule has 3 rings (SSSR count). The molecular weight excluding hydrogens is 281 g/mol. The quantitative estimate of drug-likeness (QED) is 0.879. The Kier molecular flexibility index (Phi) is 3.21. The molecule has 2 aromatic rings. The van der Waals surface area contributed by atoms with Crippen LogP contribution in [0, 0.1) is 0 Å². The van der Waals surface area contributed by atoms with Crippen molar-refractivity contribution in [3.05, 3.63) is 63.6 Å². The number of hydrogen-bond acceptors (Lipinski definition) is 1. The molecule has 0 saturated carbocycles. The number of nitrogens with one attached hydrogen (secondary N) is 1. The molecule has 0 fully saturated rings. The number of hydrogen-bond donors (Lipinski definition) is 1. The summed E-state index contributed by atoms with van der Waals surface area (Å²) in [6, 6.07) is 13.1. The number of rotatable bonds is 2. The van der Waals surface area contributed by atoms with Gasteiger partial charge in [0.05, 0.1) is 5.92 Å². The highest BCUT2D eigenvalue weighted by Gasteiger charge is 2.30. The molecule has 0 aliphatic carbocycles. The fraction of sp³-hybridized carbons (Fsp3) is 0.133. The van der Waals surface area contributed by atoms with Crippen molar-refractivity contribution in [2.75, 3.05) is 5.32 Å². The highest BCUT2D eigenvalue weighted by atomic mass is 35.5. The molecule has 19 heavy (non-hydrogen) atoms. The molecule has 1 amide bonds. The number of anilines is 1. The van der Waals surface area contributed by atoms with Crippen molar-refractivity contribution in [3.8, 4) is 0 Å². The third-order valence-electron chi connectivity index (χ3n) is 3.35. The highest BCUT2D eigenvalue weighted by molar-refractivity contribution is 6.35. The Morgan fingerprint density at radius 1 is 1.11 bits per heavy atom. The second-order valence-corrected chi connectivity index (χ2v) is 5.41. The second kappa shape index (κ2) is 4.87. The van der Waals surface area contributed by atoms with Crippen molar-refractivity contribution in [1.82, 2.24) is 0 Å². The van der Waals surface area contributed by atoms with Crippen LogP contribution in [0.5, 0.6) is 0 Å². The maximum Gasteiger partial charge on any atom is 0.232 e. The monoisotopic (exact) mass is 291 g/mol. The van der Waals surface area contributed by atoms with E-state index in [4.69, 9.17) is 23.2 Å². The van der Waals surface area contributed by atoms with E-state index >= 15 is 0 Å². The van der Waals surface area contributed by atoms with Crippen LogP contribution in [0.3, 0.4) is 0 Å². The lowest BCUT2D eigenvalue weighted by Crippen LogP contribution is -2.14. The van der Waals surface area contributed by atoms with Gasteiger partial charge in [0.15, 0.2) is 0 Å². The van der Waals surface area contributed by atoms with Crippen LogP contribution < -0.4 is 5.32 Å². The van der Waals surface area contributed by atoms with Crippen molar-refractivity contribution in [3.63, 3.8) is 0 Å². The van der Waals surface area contributed by atoms with Gasteiger partial charge in [-0.15, -0.1) is 0 Å². The van der Waals surface area contributed by atoms with Crippen LogP contribution in [0.1, 0.15) is 17.0 Å². The second-order valence-electron chi connectivity index (χ2n) is 4.57. The fourth-order valence-corrected chi connectivity index (χ4v) is 2.87. The third kappa shape index (κ3) is 2.34. The van der Waals surface area contributed by atoms with Gasteiger partial charge < -0.3 is 5.32 Å². The Bertz CT molecular complexity index is 654. The van der Waals surface area contributed by atoms with Crippen molar-refractivity contribution in [2.45, 2.75) is 12.3 Å². The molecule has 0 radical (unpaired) electrons. The van der Waals surface area contributed by atoms with Gasteiger partial charge in [0.1, 0.15) is 0 Å². The highest BCUT2D eigenvalue weighted by Crippen LogP contribution is 2.36. The molecule has 2 aromatic carbocycles. The topological polar surface area (TPSA) is 29.1 Å². The van der Waals surface area contributed by atoms with Gasteiger partial charge in [0, 0.05) is 15.7 Å². The standard InChI is InChI=1S/C15H11Cl2NO/c16-10-6-5-9(13(17)8-10)7-12-11-3-1-2-4-14(11)18-15(12)19/h1-6,8,12H,7H2,(H,18,19)/t12-/m0/s1. The van der Waals surface area contributed by atoms with E-state index in [1.165, 1.54) is 0 Å². The van der Waals surface area contributed by atoms with Crippen LogP contribution >= 0.6 is 23.2 Å². The van der Waals surface area contributed by atoms with E-state index in [1.54, 1.807) is 12.1 Å². The summed E-state index contributed by atoms with van der Waals surface area (Å²) in [5, 5.41) is 4.09. The zero-order valence-electron chi connectivity index (χ0n) is 9.99. The first kappa shape index (κ1) is 12.5. The average molecular weight is 292 g/mol. The molecule has 1 aliphatic rings. The predicted molar refractivity (Wildman–Crippen MR) is 78.0 cm³/mol. The van der Waals surface area contributed by atoms with Crippen molar-refractivity contribution in [1.29, 1.82) is 0 Å². The van der Waals surface area contributed by atoms with E-state index in [-0.39, 0.29) is 11.8 Å². The van der Waals surface area contributed by atoms with Gasteiger partial charge in [-0.25, -0.2) is 0 Å². The van der Waals surface area contributed by atoms with E-state index in [0.29, 0.717) is 16.5 Å². The summed E-state index contributed by atoms with van der Waals surface area (Å²) in [7, 11) is 0. The van der Waals surface area contributed by atoms with Gasteiger partial charge in [0.25, 0.3) is 0 Å². The maximum atomic E-state index is 12.0. The minimum atomic E-state index is -0.185. The van der Waals surface area contributed by atoms with Gasteiger partial charge in [-0.1, -0.05) is 47.5 Å². The van der Waals surface area contributed by atoms with Crippen LogP contribution in [-0.4, -0.2) is 5.91 Å². The molecule has 1 heterocycles. The lowest BCUT2D eigenvalue weighted by molar-refractivity contribution is -0.117. The Morgan fingerprint density at radius 2 is 1.89 bits per heavy atom. The Labute approximate surface area is 121 Å². The summed E-state index contributed by atoms with van der Waals surface area (Å²) in [5.74, 6) is -0.165. The number of benzene rings is 2. The first-order valence-electron chi connectivity index (χ1n) is 5.99. The van der Waals surface area contributed by atoms with Gasteiger partial charge in [-0.3, -0.25) is 4.79 Å². The lowest BCUT2D eigenvalue weighted by Gasteiger charge is -2.10. The molecule has 4 heteroatoms. The maximum absolute atomic E-state index is 12.0. The number of amides is 1. The SMILES string of the molecule is O=C1Nc2ccccc2[C@@H]1Cc1ccc(Cl)cc1Cl. The van der Waals surface area contributed by atoms with Gasteiger partial charge >= 0.3 is 0 Å². The third-order valence-corrected chi connectivity index (χ3v) is 3.94. The van der Waals surface area contributed by atoms with E-state index in [9.17, 15) is 4.79 Å². The molecule has 0 saturated heterocycles. The zero-order chi connectivity index (χ0) is 13.4. The van der Waals surface area contributed by atoms with Crippen molar-refractivity contribution in [2.24, 2.45) is 0 Å². The number of carbonyl (C=O) groups excluding carboxylic acids is 1. The summed E-state index contributed by atoms with van der Waals surface area (Å²) in [6.45, 7) is 0. The first-order valence-corrected chi connectivity index (χ1v) is 6.74. The largest absolute Gasteiger partial charge is 0.325 e. The van der Waals surface area contributed by atoms with Gasteiger partial charge in [-0.2, -0.15) is 0 Å². The Balaban J connectivity index is 1.93. The number of fused-ring (bicyclic) bond motifs is 1. The Hall–Kier alpha value is -1.51. The van der Waals surface area contributed by atoms with Gasteiger partial charge in [0.2, 0.25) is 5.91 Å². The molecule has 2 nitrogen and oxygen atoms in total. The molecule has 0 aromatic heterocycles. The fourth-order valence-electron chi connectivity index (χ4n) is 2.39. The van der Waals surface area contributed by atoms with Crippen LogP contribution in [0.2, 0.25) is 10.0 Å². The number of para-hydroxylation sites is 1. The summed E-state index contributed by atoms with van der Waals surface area (Å²) in [4.78, 5) is 12.0. The Morgan fingerprint density at radius 3 is 2.68 bits per heavy atom. The first-order chi connectivity index (χ1) is 9.15. The molecule has 96 valence electrons. The summed E-state index contributed by atoms with van der Waals surface area (Å²) >= 11 is 12.0. The summed E-state index contributed by atoms with van der Waals surface area (Å²) < 4.78 is 0. The molecule has 0 unspecified atom stereocenters.